The summed E-state index contributed by atoms with van der Waals surface area (Å²) in [7, 11) is -2.69. The molecule has 0 radical (unpaired) electrons. The molecule has 0 bridgehead atoms. The highest BCUT2D eigenvalue weighted by Gasteiger charge is 2.26. The van der Waals surface area contributed by atoms with Crippen LogP contribution in [0.15, 0.2) is 41.6 Å². The van der Waals surface area contributed by atoms with Crippen LogP contribution in [0.4, 0.5) is 0 Å². The summed E-state index contributed by atoms with van der Waals surface area (Å²) in [5, 5.41) is 10.1. The van der Waals surface area contributed by atoms with E-state index in [0.29, 0.717) is 10.8 Å². The maximum absolute atomic E-state index is 12.4. The molecule has 112 valence electrons. The first kappa shape index (κ1) is 15.4. The van der Waals surface area contributed by atoms with E-state index in [9.17, 15) is 13.2 Å². The third kappa shape index (κ3) is 3.35. The van der Waals surface area contributed by atoms with E-state index >= 15 is 0 Å². The van der Waals surface area contributed by atoms with Crippen LogP contribution < -0.4 is 4.72 Å². The van der Waals surface area contributed by atoms with E-state index < -0.39 is 22.0 Å². The normalized spacial score (nSPS) is 13.2. The summed E-state index contributed by atoms with van der Waals surface area (Å²) >= 11 is 0. The molecular formula is C13H14N2O5S. The second-order valence-corrected chi connectivity index (χ2v) is 6.00. The van der Waals surface area contributed by atoms with E-state index in [2.05, 4.69) is 9.71 Å². The number of hydrogen-bond donors (Lipinski definition) is 2. The lowest BCUT2D eigenvalue weighted by molar-refractivity contribution is -0.140. The Balaban J connectivity index is 2.44. The SMILES string of the molecule is COCC(NS(=O)(=O)c1cccc2cnccc12)C(=O)O. The predicted molar refractivity (Wildman–Crippen MR) is 75.4 cm³/mol. The van der Waals surface area contributed by atoms with Crippen LogP contribution in [0.5, 0.6) is 0 Å². The highest BCUT2D eigenvalue weighted by Crippen LogP contribution is 2.22. The fourth-order valence-corrected chi connectivity index (χ4v) is 3.30. The minimum atomic E-state index is -3.99. The lowest BCUT2D eigenvalue weighted by Crippen LogP contribution is -2.43. The van der Waals surface area contributed by atoms with Crippen molar-refractivity contribution in [2.24, 2.45) is 0 Å². The number of sulfonamides is 1. The molecule has 1 heterocycles. The number of methoxy groups -OCH3 is 1. The summed E-state index contributed by atoms with van der Waals surface area (Å²) in [6, 6.07) is 4.93. The van der Waals surface area contributed by atoms with Crippen LogP contribution >= 0.6 is 0 Å². The van der Waals surface area contributed by atoms with Crippen molar-refractivity contribution in [3.05, 3.63) is 36.7 Å². The Kier molecular flexibility index (Phi) is 4.51. The number of carbonyl (C=O) groups is 1. The van der Waals surface area contributed by atoms with Crippen molar-refractivity contribution in [3.8, 4) is 0 Å². The quantitative estimate of drug-likeness (QED) is 0.810. The molecule has 0 aliphatic rings. The number of pyridine rings is 1. The van der Waals surface area contributed by atoms with Crippen LogP contribution in [0.3, 0.4) is 0 Å². The highest BCUT2D eigenvalue weighted by molar-refractivity contribution is 7.89. The molecule has 2 aromatic rings. The maximum Gasteiger partial charge on any atom is 0.324 e. The Morgan fingerprint density at radius 1 is 1.43 bits per heavy atom. The summed E-state index contributed by atoms with van der Waals surface area (Å²) in [6.07, 6.45) is 3.02. The third-order valence-electron chi connectivity index (χ3n) is 2.86. The van der Waals surface area contributed by atoms with Gasteiger partial charge in [0.2, 0.25) is 10.0 Å². The summed E-state index contributed by atoms with van der Waals surface area (Å²) < 4.78 is 31.6. The molecule has 2 N–H and O–H groups in total. The molecule has 1 aromatic carbocycles. The van der Waals surface area contributed by atoms with E-state index in [1.807, 2.05) is 0 Å². The molecule has 21 heavy (non-hydrogen) atoms. The molecule has 8 heteroatoms. The number of nitrogens with one attached hydrogen (secondary N) is 1. The summed E-state index contributed by atoms with van der Waals surface area (Å²) in [6.45, 7) is -0.263. The molecule has 0 aliphatic carbocycles. The smallest absolute Gasteiger partial charge is 0.324 e. The fraction of sp³-hybridized carbons (Fsp3) is 0.231. The van der Waals surface area contributed by atoms with Crippen molar-refractivity contribution in [3.63, 3.8) is 0 Å². The molecule has 0 saturated carbocycles. The first-order chi connectivity index (χ1) is 9.95. The van der Waals surface area contributed by atoms with Crippen LogP contribution in [0.25, 0.3) is 10.8 Å². The van der Waals surface area contributed by atoms with Crippen molar-refractivity contribution in [1.82, 2.24) is 9.71 Å². The minimum Gasteiger partial charge on any atom is -0.480 e. The van der Waals surface area contributed by atoms with Gasteiger partial charge in [-0.25, -0.2) is 8.42 Å². The molecule has 0 fully saturated rings. The van der Waals surface area contributed by atoms with Gasteiger partial charge < -0.3 is 9.84 Å². The van der Waals surface area contributed by atoms with Gasteiger partial charge in [0.25, 0.3) is 0 Å². The zero-order chi connectivity index (χ0) is 15.5. The van der Waals surface area contributed by atoms with Gasteiger partial charge in [0.1, 0.15) is 6.04 Å². The zero-order valence-electron chi connectivity index (χ0n) is 11.2. The Hall–Kier alpha value is -2.03. The number of aliphatic carboxylic acids is 1. The van der Waals surface area contributed by atoms with E-state index in [4.69, 9.17) is 9.84 Å². The van der Waals surface area contributed by atoms with Gasteiger partial charge in [0.05, 0.1) is 11.5 Å². The Morgan fingerprint density at radius 3 is 2.86 bits per heavy atom. The zero-order valence-corrected chi connectivity index (χ0v) is 12.0. The molecule has 7 nitrogen and oxygen atoms in total. The number of nitrogens with zero attached hydrogens (tertiary/aromatic N) is 1. The number of fused-ring (bicyclic) bond motifs is 1. The van der Waals surface area contributed by atoms with Gasteiger partial charge in [0.15, 0.2) is 0 Å². The summed E-state index contributed by atoms with van der Waals surface area (Å²) in [5.74, 6) is -1.30. The van der Waals surface area contributed by atoms with Crippen molar-refractivity contribution in [1.29, 1.82) is 0 Å². The Labute approximate surface area is 121 Å². The van der Waals surface area contributed by atoms with Crippen LogP contribution in [0, 0.1) is 0 Å². The number of benzene rings is 1. The van der Waals surface area contributed by atoms with Gasteiger partial charge in [-0.05, 0) is 12.1 Å². The molecule has 0 spiro atoms. The van der Waals surface area contributed by atoms with Gasteiger partial charge in [-0.2, -0.15) is 4.72 Å². The summed E-state index contributed by atoms with van der Waals surface area (Å²) in [5.41, 5.74) is 0. The van der Waals surface area contributed by atoms with Crippen molar-refractivity contribution in [2.45, 2.75) is 10.9 Å². The van der Waals surface area contributed by atoms with E-state index in [1.165, 1.54) is 25.6 Å². The number of carboxylic acid groups (broad SMARTS) is 1. The molecule has 1 atom stereocenters. The van der Waals surface area contributed by atoms with E-state index in [1.54, 1.807) is 18.2 Å². The molecular weight excluding hydrogens is 296 g/mol. The third-order valence-corrected chi connectivity index (χ3v) is 4.39. The van der Waals surface area contributed by atoms with Crippen LogP contribution in [0.2, 0.25) is 0 Å². The fourth-order valence-electron chi connectivity index (χ4n) is 1.90. The highest BCUT2D eigenvalue weighted by atomic mass is 32.2. The van der Waals surface area contributed by atoms with Crippen LogP contribution in [-0.4, -0.2) is 44.2 Å². The standard InChI is InChI=1S/C13H14N2O5S/c1-20-8-11(13(16)17)15-21(18,19)12-4-2-3-9-7-14-6-5-10(9)12/h2-7,11,15H,8H2,1H3,(H,16,17). The lowest BCUT2D eigenvalue weighted by Gasteiger charge is -2.15. The molecule has 2 rings (SSSR count). The monoisotopic (exact) mass is 310 g/mol. The number of ether oxygens (including phenoxy) is 1. The molecule has 0 aliphatic heterocycles. The van der Waals surface area contributed by atoms with E-state index in [-0.39, 0.29) is 11.5 Å². The van der Waals surface area contributed by atoms with E-state index in [0.717, 1.165) is 0 Å². The number of carboxylic acids is 1. The van der Waals surface area contributed by atoms with Gasteiger partial charge >= 0.3 is 5.97 Å². The first-order valence-electron chi connectivity index (χ1n) is 6.02. The molecule has 0 saturated heterocycles. The van der Waals surface area contributed by atoms with Gasteiger partial charge in [-0.15, -0.1) is 0 Å². The van der Waals surface area contributed by atoms with Crippen molar-refractivity contribution in [2.75, 3.05) is 13.7 Å². The first-order valence-corrected chi connectivity index (χ1v) is 7.51. The average molecular weight is 310 g/mol. The average Bonchev–Trinajstić information content (AvgIpc) is 2.46. The molecule has 1 aromatic heterocycles. The molecule has 1 unspecified atom stereocenters. The van der Waals surface area contributed by atoms with Crippen molar-refractivity contribution >= 4 is 26.8 Å². The Bertz CT molecular complexity index is 755. The lowest BCUT2D eigenvalue weighted by atomic mass is 10.2. The largest absolute Gasteiger partial charge is 0.480 e. The van der Waals surface area contributed by atoms with Gasteiger partial charge in [-0.1, -0.05) is 12.1 Å². The predicted octanol–water partition coefficient (Wildman–Crippen LogP) is 0.613. The van der Waals surface area contributed by atoms with Gasteiger partial charge in [-0.3, -0.25) is 9.78 Å². The number of hydrogen-bond acceptors (Lipinski definition) is 5. The summed E-state index contributed by atoms with van der Waals surface area (Å²) in [4.78, 5) is 15.0. The van der Waals surface area contributed by atoms with Gasteiger partial charge in [0, 0.05) is 30.3 Å². The maximum atomic E-state index is 12.4. The number of rotatable bonds is 6. The molecule has 0 amide bonds. The van der Waals surface area contributed by atoms with Crippen LogP contribution in [0.1, 0.15) is 0 Å². The Morgan fingerprint density at radius 2 is 2.19 bits per heavy atom. The van der Waals surface area contributed by atoms with Crippen molar-refractivity contribution < 1.29 is 23.1 Å². The topological polar surface area (TPSA) is 106 Å². The van der Waals surface area contributed by atoms with Crippen LogP contribution in [-0.2, 0) is 19.6 Å². The second kappa shape index (κ2) is 6.17. The minimum absolute atomic E-state index is 0.00440. The second-order valence-electron chi connectivity index (χ2n) is 4.32. The number of aromatic nitrogens is 1.